The average Bonchev–Trinajstić information content (AvgIpc) is 2.51. The van der Waals surface area contributed by atoms with Crippen molar-refractivity contribution < 1.29 is 13.6 Å². The zero-order chi connectivity index (χ0) is 15.9. The number of anilines is 1. The van der Waals surface area contributed by atoms with Crippen LogP contribution < -0.4 is 11.1 Å². The molecular formula is C14H9BrF2N4O. The van der Waals surface area contributed by atoms with Gasteiger partial charge in [0.25, 0.3) is 0 Å². The molecule has 2 aromatic rings. The Morgan fingerprint density at radius 3 is 2.82 bits per heavy atom. The number of hydrogen-bond donors (Lipinski definition) is 2. The number of benzene rings is 1. The number of carbonyl (C=O) groups excluding carboxylic acids is 1. The van der Waals surface area contributed by atoms with Gasteiger partial charge in [0.15, 0.2) is 10.4 Å². The van der Waals surface area contributed by atoms with E-state index in [9.17, 15) is 13.6 Å². The number of fused-ring (bicyclic) bond motifs is 1. The molecule has 0 aliphatic carbocycles. The molecule has 1 aliphatic heterocycles. The van der Waals surface area contributed by atoms with Crippen molar-refractivity contribution in [2.75, 3.05) is 5.73 Å². The van der Waals surface area contributed by atoms with E-state index < -0.39 is 17.8 Å². The molecule has 8 heteroatoms. The standard InChI is InChI=1S/C14H9BrF2N4O/c15-12-13(17)21-14(18)11(20-12)6-1-2-7-8(3-6)9(16)4-19-10(7)5-22/h1-5,10,19H,(H2,18,21). The van der Waals surface area contributed by atoms with Gasteiger partial charge < -0.3 is 15.8 Å². The van der Waals surface area contributed by atoms with E-state index in [1.54, 1.807) is 12.1 Å². The molecular weight excluding hydrogens is 358 g/mol. The number of hydrogen-bond acceptors (Lipinski definition) is 5. The van der Waals surface area contributed by atoms with Gasteiger partial charge in [0.2, 0.25) is 5.95 Å². The van der Waals surface area contributed by atoms with E-state index in [-0.39, 0.29) is 21.7 Å². The predicted octanol–water partition coefficient (Wildman–Crippen LogP) is 2.74. The number of nitrogens with one attached hydrogen (secondary N) is 1. The van der Waals surface area contributed by atoms with Gasteiger partial charge in [-0.2, -0.15) is 9.37 Å². The number of aldehydes is 1. The Balaban J connectivity index is 2.16. The van der Waals surface area contributed by atoms with E-state index >= 15 is 0 Å². The van der Waals surface area contributed by atoms with Gasteiger partial charge in [-0.25, -0.2) is 9.37 Å². The van der Waals surface area contributed by atoms with Crippen molar-refractivity contribution in [3.8, 4) is 11.3 Å². The zero-order valence-electron chi connectivity index (χ0n) is 11.0. The molecule has 1 atom stereocenters. The molecule has 3 N–H and O–H groups in total. The second-order valence-corrected chi connectivity index (χ2v) is 5.36. The third kappa shape index (κ3) is 2.35. The zero-order valence-corrected chi connectivity index (χ0v) is 12.6. The van der Waals surface area contributed by atoms with Gasteiger partial charge in [0.05, 0.1) is 0 Å². The van der Waals surface area contributed by atoms with E-state index in [1.165, 1.54) is 6.07 Å². The third-order valence-corrected chi connectivity index (χ3v) is 3.79. The summed E-state index contributed by atoms with van der Waals surface area (Å²) in [5.41, 5.74) is 7.14. The van der Waals surface area contributed by atoms with Crippen LogP contribution in [0.25, 0.3) is 17.1 Å². The number of nitrogen functional groups attached to an aromatic ring is 1. The van der Waals surface area contributed by atoms with Gasteiger partial charge in [0, 0.05) is 17.3 Å². The molecule has 1 aromatic carbocycles. The largest absolute Gasteiger partial charge is 0.382 e. The second kappa shape index (κ2) is 5.45. The van der Waals surface area contributed by atoms with Gasteiger partial charge in [0.1, 0.15) is 23.8 Å². The van der Waals surface area contributed by atoms with Gasteiger partial charge in [-0.15, -0.1) is 0 Å². The smallest absolute Gasteiger partial charge is 0.247 e. The van der Waals surface area contributed by atoms with Gasteiger partial charge in [-0.05, 0) is 27.6 Å². The summed E-state index contributed by atoms with van der Waals surface area (Å²) in [5.74, 6) is -1.44. The monoisotopic (exact) mass is 366 g/mol. The first kappa shape index (κ1) is 14.6. The summed E-state index contributed by atoms with van der Waals surface area (Å²) in [4.78, 5) is 18.5. The van der Waals surface area contributed by atoms with Crippen LogP contribution in [-0.4, -0.2) is 16.3 Å². The van der Waals surface area contributed by atoms with Crippen molar-refractivity contribution in [1.29, 1.82) is 0 Å². The third-order valence-electron chi connectivity index (χ3n) is 3.29. The molecule has 1 aromatic heterocycles. The maximum Gasteiger partial charge on any atom is 0.247 e. The molecule has 0 bridgehead atoms. The Hall–Kier alpha value is -2.35. The topological polar surface area (TPSA) is 80.9 Å². The van der Waals surface area contributed by atoms with Crippen LogP contribution in [0.4, 0.5) is 14.6 Å². The number of nitrogens with zero attached hydrogens (tertiary/aromatic N) is 2. The average molecular weight is 367 g/mol. The first-order valence-electron chi connectivity index (χ1n) is 6.21. The highest BCUT2D eigenvalue weighted by molar-refractivity contribution is 9.10. The molecule has 0 fully saturated rings. The maximum atomic E-state index is 14.0. The van der Waals surface area contributed by atoms with E-state index in [0.717, 1.165) is 6.20 Å². The maximum absolute atomic E-state index is 14.0. The molecule has 0 amide bonds. The SMILES string of the molecule is Nc1nc(F)c(Br)nc1-c1ccc2c(c1)C(F)=CNC2C=O. The number of halogens is 3. The number of carbonyl (C=O) groups is 1. The summed E-state index contributed by atoms with van der Waals surface area (Å²) in [6, 6.07) is 4.11. The molecule has 0 saturated carbocycles. The molecule has 3 rings (SSSR count). The quantitative estimate of drug-likeness (QED) is 0.798. The molecule has 1 unspecified atom stereocenters. The van der Waals surface area contributed by atoms with Gasteiger partial charge in [-0.3, -0.25) is 0 Å². The number of aromatic nitrogens is 2. The predicted molar refractivity (Wildman–Crippen MR) is 80.6 cm³/mol. The van der Waals surface area contributed by atoms with E-state index in [1.807, 2.05) is 0 Å². The van der Waals surface area contributed by atoms with Crippen molar-refractivity contribution in [1.82, 2.24) is 15.3 Å². The van der Waals surface area contributed by atoms with Gasteiger partial charge in [-0.1, -0.05) is 12.1 Å². The lowest BCUT2D eigenvalue weighted by Gasteiger charge is -2.21. The number of rotatable bonds is 2. The van der Waals surface area contributed by atoms with Crippen LogP contribution in [-0.2, 0) is 4.79 Å². The highest BCUT2D eigenvalue weighted by Gasteiger charge is 2.22. The molecule has 0 saturated heterocycles. The van der Waals surface area contributed by atoms with Crippen LogP contribution in [0.2, 0.25) is 0 Å². The number of nitrogens with two attached hydrogens (primary N) is 1. The normalized spacial score (nSPS) is 16.5. The second-order valence-electron chi connectivity index (χ2n) is 4.61. The molecule has 112 valence electrons. The minimum absolute atomic E-state index is 0.0853. The summed E-state index contributed by atoms with van der Waals surface area (Å²) in [6.45, 7) is 0. The molecule has 22 heavy (non-hydrogen) atoms. The van der Waals surface area contributed by atoms with Crippen molar-refractivity contribution in [3.63, 3.8) is 0 Å². The molecule has 0 radical (unpaired) electrons. The summed E-state index contributed by atoms with van der Waals surface area (Å²) >= 11 is 2.94. The summed E-state index contributed by atoms with van der Waals surface area (Å²) in [5, 5.41) is 2.65. The van der Waals surface area contributed by atoms with Crippen molar-refractivity contribution in [3.05, 3.63) is 46.1 Å². The van der Waals surface area contributed by atoms with Crippen LogP contribution in [0.15, 0.2) is 29.0 Å². The van der Waals surface area contributed by atoms with Crippen LogP contribution in [0.1, 0.15) is 17.2 Å². The van der Waals surface area contributed by atoms with E-state index in [2.05, 4.69) is 31.2 Å². The Morgan fingerprint density at radius 1 is 1.32 bits per heavy atom. The van der Waals surface area contributed by atoms with E-state index in [4.69, 9.17) is 5.73 Å². The van der Waals surface area contributed by atoms with Crippen molar-refractivity contribution in [2.45, 2.75) is 6.04 Å². The Kier molecular flexibility index (Phi) is 3.61. The fourth-order valence-corrected chi connectivity index (χ4v) is 2.51. The lowest BCUT2D eigenvalue weighted by atomic mass is 9.94. The Labute approximate surface area is 132 Å². The molecule has 5 nitrogen and oxygen atoms in total. The minimum atomic E-state index is -0.824. The highest BCUT2D eigenvalue weighted by atomic mass is 79.9. The first-order chi connectivity index (χ1) is 10.5. The molecule has 2 heterocycles. The fraction of sp³-hybridized carbons (Fsp3) is 0.0714. The van der Waals surface area contributed by atoms with Crippen LogP contribution >= 0.6 is 15.9 Å². The highest BCUT2D eigenvalue weighted by Crippen LogP contribution is 2.34. The Morgan fingerprint density at radius 2 is 2.09 bits per heavy atom. The van der Waals surface area contributed by atoms with Crippen LogP contribution in [0.3, 0.4) is 0 Å². The fourth-order valence-electron chi connectivity index (χ4n) is 2.24. The molecule has 0 spiro atoms. The molecule has 1 aliphatic rings. The summed E-state index contributed by atoms with van der Waals surface area (Å²) in [6.07, 6.45) is 1.81. The summed E-state index contributed by atoms with van der Waals surface area (Å²) < 4.78 is 27.2. The van der Waals surface area contributed by atoms with Gasteiger partial charge >= 0.3 is 0 Å². The first-order valence-corrected chi connectivity index (χ1v) is 7.00. The van der Waals surface area contributed by atoms with Crippen LogP contribution in [0, 0.1) is 5.95 Å². The minimum Gasteiger partial charge on any atom is -0.382 e. The Bertz CT molecular complexity index is 810. The summed E-state index contributed by atoms with van der Waals surface area (Å²) in [7, 11) is 0. The van der Waals surface area contributed by atoms with Crippen molar-refractivity contribution in [2.24, 2.45) is 0 Å². The lowest BCUT2D eigenvalue weighted by Crippen LogP contribution is -2.22. The van der Waals surface area contributed by atoms with Crippen LogP contribution in [0.5, 0.6) is 0 Å². The lowest BCUT2D eigenvalue weighted by molar-refractivity contribution is -0.109. The van der Waals surface area contributed by atoms with Crippen molar-refractivity contribution >= 4 is 33.9 Å². The van der Waals surface area contributed by atoms with E-state index in [0.29, 0.717) is 17.4 Å².